The predicted molar refractivity (Wildman–Crippen MR) is 45.6 cm³/mol. The minimum Gasteiger partial charge on any atom is -0.207 e. The zero-order chi connectivity index (χ0) is 8.59. The van der Waals surface area contributed by atoms with Gasteiger partial charge in [0.1, 0.15) is 5.82 Å². The number of halogens is 2. The Morgan fingerprint density at radius 3 is 2.18 bits per heavy atom. The smallest absolute Gasteiger partial charge is 0.127 e. The Bertz CT molecular complexity index is 266. The van der Waals surface area contributed by atoms with Crippen LogP contribution >= 0.6 is 11.6 Å². The Morgan fingerprint density at radius 2 is 1.64 bits per heavy atom. The van der Waals surface area contributed by atoms with Crippen LogP contribution in [0.2, 0.25) is 5.02 Å². The number of benzene rings is 1. The zero-order valence-corrected chi connectivity index (χ0v) is 7.59. The first-order chi connectivity index (χ1) is 5.04. The highest BCUT2D eigenvalue weighted by Crippen LogP contribution is 2.23. The lowest BCUT2D eigenvalue weighted by molar-refractivity contribution is 0.616. The van der Waals surface area contributed by atoms with Crippen LogP contribution in [0.3, 0.4) is 0 Å². The molecule has 0 aromatic heterocycles. The standard InChI is InChI=1S/C9H10ClF/c1-5-6(2)8(10)4-9(11)7(5)3/h4H,1-3H3. The molecule has 2 heteroatoms. The van der Waals surface area contributed by atoms with Crippen molar-refractivity contribution in [1.29, 1.82) is 0 Å². The maximum absolute atomic E-state index is 12.9. The summed E-state index contributed by atoms with van der Waals surface area (Å²) in [7, 11) is 0. The second kappa shape index (κ2) is 2.82. The van der Waals surface area contributed by atoms with Gasteiger partial charge in [0.2, 0.25) is 0 Å². The maximum Gasteiger partial charge on any atom is 0.127 e. The lowest BCUT2D eigenvalue weighted by atomic mass is 10.0. The van der Waals surface area contributed by atoms with Gasteiger partial charge in [-0.05, 0) is 43.5 Å². The molecule has 0 N–H and O–H groups in total. The molecule has 0 heterocycles. The molecule has 0 amide bonds. The van der Waals surface area contributed by atoms with E-state index >= 15 is 0 Å². The fourth-order valence-corrected chi connectivity index (χ4v) is 1.20. The van der Waals surface area contributed by atoms with Gasteiger partial charge in [0.15, 0.2) is 0 Å². The van der Waals surface area contributed by atoms with Crippen LogP contribution in [-0.4, -0.2) is 0 Å². The molecule has 0 saturated carbocycles. The molecule has 0 nitrogen and oxygen atoms in total. The van der Waals surface area contributed by atoms with Gasteiger partial charge in [-0.1, -0.05) is 11.6 Å². The van der Waals surface area contributed by atoms with Crippen LogP contribution in [0.25, 0.3) is 0 Å². The SMILES string of the molecule is Cc1c(F)cc(Cl)c(C)c1C. The Labute approximate surface area is 71.0 Å². The van der Waals surface area contributed by atoms with Crippen LogP contribution in [0.5, 0.6) is 0 Å². The van der Waals surface area contributed by atoms with Crippen molar-refractivity contribution in [2.24, 2.45) is 0 Å². The molecule has 0 unspecified atom stereocenters. The molecule has 0 saturated heterocycles. The summed E-state index contributed by atoms with van der Waals surface area (Å²) in [5.74, 6) is -0.224. The number of rotatable bonds is 0. The van der Waals surface area contributed by atoms with Gasteiger partial charge in [0.25, 0.3) is 0 Å². The highest BCUT2D eigenvalue weighted by Gasteiger charge is 2.06. The highest BCUT2D eigenvalue weighted by molar-refractivity contribution is 6.31. The third-order valence-electron chi connectivity index (χ3n) is 2.09. The van der Waals surface area contributed by atoms with Crippen molar-refractivity contribution in [2.45, 2.75) is 20.8 Å². The van der Waals surface area contributed by atoms with Crippen molar-refractivity contribution in [1.82, 2.24) is 0 Å². The fourth-order valence-electron chi connectivity index (χ4n) is 0.967. The van der Waals surface area contributed by atoms with Gasteiger partial charge < -0.3 is 0 Å². The monoisotopic (exact) mass is 172 g/mol. The lowest BCUT2D eigenvalue weighted by Crippen LogP contribution is -1.91. The van der Waals surface area contributed by atoms with Crippen molar-refractivity contribution in [3.8, 4) is 0 Å². The van der Waals surface area contributed by atoms with Crippen LogP contribution in [0.1, 0.15) is 16.7 Å². The second-order valence-electron chi connectivity index (χ2n) is 2.72. The first-order valence-corrected chi connectivity index (χ1v) is 3.83. The van der Waals surface area contributed by atoms with E-state index in [1.54, 1.807) is 6.92 Å². The largest absolute Gasteiger partial charge is 0.207 e. The van der Waals surface area contributed by atoms with Crippen LogP contribution in [-0.2, 0) is 0 Å². The van der Waals surface area contributed by atoms with Gasteiger partial charge in [-0.25, -0.2) is 4.39 Å². The van der Waals surface area contributed by atoms with E-state index in [1.807, 2.05) is 13.8 Å². The average molecular weight is 173 g/mol. The molecule has 0 bridgehead atoms. The summed E-state index contributed by atoms with van der Waals surface area (Å²) in [6, 6.07) is 1.36. The Balaban J connectivity index is 3.46. The third-order valence-corrected chi connectivity index (χ3v) is 2.49. The van der Waals surface area contributed by atoms with E-state index in [2.05, 4.69) is 0 Å². The van der Waals surface area contributed by atoms with E-state index in [4.69, 9.17) is 11.6 Å². The summed E-state index contributed by atoms with van der Waals surface area (Å²) in [4.78, 5) is 0. The summed E-state index contributed by atoms with van der Waals surface area (Å²) < 4.78 is 12.9. The summed E-state index contributed by atoms with van der Waals surface area (Å²) in [6.07, 6.45) is 0. The zero-order valence-electron chi connectivity index (χ0n) is 6.83. The average Bonchev–Trinajstić information content (AvgIpc) is 1.97. The second-order valence-corrected chi connectivity index (χ2v) is 3.12. The summed E-state index contributed by atoms with van der Waals surface area (Å²) >= 11 is 5.75. The Kier molecular flexibility index (Phi) is 2.19. The van der Waals surface area contributed by atoms with Crippen molar-refractivity contribution < 1.29 is 4.39 Å². The number of hydrogen-bond acceptors (Lipinski definition) is 0. The van der Waals surface area contributed by atoms with Gasteiger partial charge in [0.05, 0.1) is 0 Å². The molecule has 1 aromatic carbocycles. The normalized spacial score (nSPS) is 10.3. The molecule has 0 atom stereocenters. The van der Waals surface area contributed by atoms with Gasteiger partial charge in [-0.2, -0.15) is 0 Å². The van der Waals surface area contributed by atoms with Crippen molar-refractivity contribution >= 4 is 11.6 Å². The number of hydrogen-bond donors (Lipinski definition) is 0. The molecule has 0 spiro atoms. The summed E-state index contributed by atoms with van der Waals surface area (Å²) in [5.41, 5.74) is 2.59. The molecule has 0 aliphatic carbocycles. The molecule has 0 aliphatic rings. The van der Waals surface area contributed by atoms with Gasteiger partial charge in [0, 0.05) is 5.02 Å². The van der Waals surface area contributed by atoms with Crippen molar-refractivity contribution in [3.63, 3.8) is 0 Å². The minimum atomic E-state index is -0.224. The van der Waals surface area contributed by atoms with Gasteiger partial charge >= 0.3 is 0 Å². The summed E-state index contributed by atoms with van der Waals surface area (Å²) in [5, 5.41) is 0.505. The first-order valence-electron chi connectivity index (χ1n) is 3.46. The topological polar surface area (TPSA) is 0 Å². The Morgan fingerprint density at radius 1 is 1.09 bits per heavy atom. The van der Waals surface area contributed by atoms with E-state index < -0.39 is 0 Å². The first kappa shape index (κ1) is 8.54. The Hall–Kier alpha value is -0.560. The van der Waals surface area contributed by atoms with E-state index in [9.17, 15) is 4.39 Å². The molecule has 1 aromatic rings. The molecule has 0 fully saturated rings. The van der Waals surface area contributed by atoms with Gasteiger partial charge in [-0.3, -0.25) is 0 Å². The van der Waals surface area contributed by atoms with E-state index in [1.165, 1.54) is 6.07 Å². The molecule has 60 valence electrons. The van der Waals surface area contributed by atoms with Gasteiger partial charge in [-0.15, -0.1) is 0 Å². The molecule has 0 radical (unpaired) electrons. The molecule has 1 rings (SSSR count). The fraction of sp³-hybridized carbons (Fsp3) is 0.333. The quantitative estimate of drug-likeness (QED) is 0.563. The van der Waals surface area contributed by atoms with Crippen LogP contribution < -0.4 is 0 Å². The lowest BCUT2D eigenvalue weighted by Gasteiger charge is -2.06. The molecular formula is C9H10ClF. The third kappa shape index (κ3) is 1.38. The van der Waals surface area contributed by atoms with Crippen LogP contribution in [0.15, 0.2) is 6.07 Å². The van der Waals surface area contributed by atoms with Crippen LogP contribution in [0, 0.1) is 26.6 Å². The highest BCUT2D eigenvalue weighted by atomic mass is 35.5. The van der Waals surface area contributed by atoms with E-state index in [0.717, 1.165) is 11.1 Å². The van der Waals surface area contributed by atoms with E-state index in [-0.39, 0.29) is 5.82 Å². The van der Waals surface area contributed by atoms with Crippen molar-refractivity contribution in [3.05, 3.63) is 33.6 Å². The minimum absolute atomic E-state index is 0.224. The summed E-state index contributed by atoms with van der Waals surface area (Å²) in [6.45, 7) is 5.53. The maximum atomic E-state index is 12.9. The van der Waals surface area contributed by atoms with Crippen LogP contribution in [0.4, 0.5) is 4.39 Å². The van der Waals surface area contributed by atoms with E-state index in [0.29, 0.717) is 10.6 Å². The molecular weight excluding hydrogens is 163 g/mol. The van der Waals surface area contributed by atoms with Crippen molar-refractivity contribution in [2.75, 3.05) is 0 Å². The molecule has 11 heavy (non-hydrogen) atoms. The predicted octanol–water partition coefficient (Wildman–Crippen LogP) is 3.40. The molecule has 0 aliphatic heterocycles.